The third-order valence-electron chi connectivity index (χ3n) is 1.40. The van der Waals surface area contributed by atoms with E-state index in [2.05, 4.69) is 4.98 Å². The van der Waals surface area contributed by atoms with Gasteiger partial charge in [0.25, 0.3) is 6.43 Å². The highest BCUT2D eigenvalue weighted by Gasteiger charge is 2.09. The molecule has 0 saturated carbocycles. The van der Waals surface area contributed by atoms with Crippen molar-refractivity contribution in [3.05, 3.63) is 23.4 Å². The standard InChI is InChI=1S/C7H7ClF2N2/c8-3-4-1-2-5(6(9)10)12-7(4)11/h1-2,6H,3H2,(H2,11,12). The van der Waals surface area contributed by atoms with Gasteiger partial charge in [-0.1, -0.05) is 6.07 Å². The van der Waals surface area contributed by atoms with Crippen molar-refractivity contribution in [1.82, 2.24) is 4.98 Å². The highest BCUT2D eigenvalue weighted by molar-refractivity contribution is 6.17. The van der Waals surface area contributed by atoms with Gasteiger partial charge in [0.15, 0.2) is 0 Å². The van der Waals surface area contributed by atoms with Crippen LogP contribution in [-0.4, -0.2) is 4.98 Å². The number of nitrogens with zero attached hydrogens (tertiary/aromatic N) is 1. The Labute approximate surface area is 73.4 Å². The second kappa shape index (κ2) is 3.67. The number of pyridine rings is 1. The zero-order valence-electron chi connectivity index (χ0n) is 6.10. The number of aromatic nitrogens is 1. The Bertz CT molecular complexity index is 278. The smallest absolute Gasteiger partial charge is 0.280 e. The van der Waals surface area contributed by atoms with Crippen molar-refractivity contribution in [2.75, 3.05) is 5.73 Å². The summed E-state index contributed by atoms with van der Waals surface area (Å²) in [6.45, 7) is 0. The molecule has 0 fully saturated rings. The first kappa shape index (κ1) is 9.19. The van der Waals surface area contributed by atoms with Gasteiger partial charge >= 0.3 is 0 Å². The lowest BCUT2D eigenvalue weighted by Gasteiger charge is -2.03. The van der Waals surface area contributed by atoms with Crippen LogP contribution < -0.4 is 5.73 Å². The number of anilines is 1. The molecule has 0 amide bonds. The molecule has 2 N–H and O–H groups in total. The van der Waals surface area contributed by atoms with Crippen LogP contribution in [0.4, 0.5) is 14.6 Å². The van der Waals surface area contributed by atoms with E-state index in [1.165, 1.54) is 12.1 Å². The van der Waals surface area contributed by atoms with Gasteiger partial charge < -0.3 is 5.73 Å². The highest BCUT2D eigenvalue weighted by Crippen LogP contribution is 2.20. The first-order chi connectivity index (χ1) is 5.65. The maximum absolute atomic E-state index is 12.0. The molecule has 0 saturated heterocycles. The van der Waals surface area contributed by atoms with Crippen molar-refractivity contribution in [2.45, 2.75) is 12.3 Å². The Kier molecular flexibility index (Phi) is 2.81. The molecule has 0 aliphatic rings. The SMILES string of the molecule is Nc1nc(C(F)F)ccc1CCl. The predicted molar refractivity (Wildman–Crippen MR) is 43.2 cm³/mol. The van der Waals surface area contributed by atoms with E-state index < -0.39 is 6.43 Å². The molecule has 2 nitrogen and oxygen atoms in total. The lowest BCUT2D eigenvalue weighted by molar-refractivity contribution is 0.146. The maximum Gasteiger partial charge on any atom is 0.280 e. The summed E-state index contributed by atoms with van der Waals surface area (Å²) in [6.07, 6.45) is -2.59. The normalized spacial score (nSPS) is 10.7. The van der Waals surface area contributed by atoms with Crippen LogP contribution >= 0.6 is 11.6 Å². The molecule has 0 radical (unpaired) electrons. The number of rotatable bonds is 2. The van der Waals surface area contributed by atoms with Gasteiger partial charge in [-0.2, -0.15) is 0 Å². The fraction of sp³-hybridized carbons (Fsp3) is 0.286. The van der Waals surface area contributed by atoms with Crippen LogP contribution in [0.25, 0.3) is 0 Å². The fourth-order valence-corrected chi connectivity index (χ4v) is 0.980. The monoisotopic (exact) mass is 192 g/mol. The molecule has 5 heteroatoms. The van der Waals surface area contributed by atoms with E-state index in [0.29, 0.717) is 5.56 Å². The first-order valence-corrected chi connectivity index (χ1v) is 3.78. The van der Waals surface area contributed by atoms with Gasteiger partial charge in [-0.05, 0) is 6.07 Å². The second-order valence-electron chi connectivity index (χ2n) is 2.21. The summed E-state index contributed by atoms with van der Waals surface area (Å²) in [7, 11) is 0. The summed E-state index contributed by atoms with van der Waals surface area (Å²) in [5.74, 6) is 0.255. The second-order valence-corrected chi connectivity index (χ2v) is 2.48. The molecule has 0 unspecified atom stereocenters. The van der Waals surface area contributed by atoms with Crippen LogP contribution in [0.15, 0.2) is 12.1 Å². The largest absolute Gasteiger partial charge is 0.383 e. The summed E-state index contributed by atoms with van der Waals surface area (Å²) in [5.41, 5.74) is 5.59. The van der Waals surface area contributed by atoms with Gasteiger partial charge in [0.05, 0.1) is 5.88 Å². The zero-order chi connectivity index (χ0) is 9.14. The minimum atomic E-state index is -2.59. The van der Waals surface area contributed by atoms with Crippen molar-refractivity contribution in [3.63, 3.8) is 0 Å². The van der Waals surface area contributed by atoms with Crippen LogP contribution in [0.5, 0.6) is 0 Å². The Balaban J connectivity index is 3.02. The van der Waals surface area contributed by atoms with Crippen molar-refractivity contribution in [2.24, 2.45) is 0 Å². The first-order valence-electron chi connectivity index (χ1n) is 3.24. The number of nitrogen functional groups attached to an aromatic ring is 1. The van der Waals surface area contributed by atoms with Crippen molar-refractivity contribution >= 4 is 17.4 Å². The molecule has 0 aliphatic carbocycles. The van der Waals surface area contributed by atoms with E-state index in [-0.39, 0.29) is 17.4 Å². The van der Waals surface area contributed by atoms with Crippen molar-refractivity contribution < 1.29 is 8.78 Å². The van der Waals surface area contributed by atoms with Crippen LogP contribution in [0, 0.1) is 0 Å². The average molecular weight is 193 g/mol. The summed E-state index contributed by atoms with van der Waals surface area (Å²) in [4.78, 5) is 3.49. The number of hydrogen-bond acceptors (Lipinski definition) is 2. The molecule has 1 aromatic rings. The molecule has 1 heterocycles. The van der Waals surface area contributed by atoms with E-state index >= 15 is 0 Å². The molecule has 0 aromatic carbocycles. The minimum absolute atomic E-state index is 0.0720. The molecular formula is C7H7ClF2N2. The number of halogens is 3. The van der Waals surface area contributed by atoms with Gasteiger partial charge in [-0.15, -0.1) is 11.6 Å². The fourth-order valence-electron chi connectivity index (χ4n) is 0.754. The van der Waals surface area contributed by atoms with Crippen LogP contribution in [0.1, 0.15) is 17.7 Å². The third-order valence-corrected chi connectivity index (χ3v) is 1.69. The Morgan fingerprint density at radius 2 is 2.17 bits per heavy atom. The summed E-state index contributed by atoms with van der Waals surface area (Å²) in [6, 6.07) is 2.68. The van der Waals surface area contributed by atoms with Gasteiger partial charge in [-0.3, -0.25) is 0 Å². The lowest BCUT2D eigenvalue weighted by atomic mass is 10.2. The van der Waals surface area contributed by atoms with Crippen molar-refractivity contribution in [1.29, 1.82) is 0 Å². The zero-order valence-corrected chi connectivity index (χ0v) is 6.85. The summed E-state index contributed by atoms with van der Waals surface area (Å²) >= 11 is 5.46. The van der Waals surface area contributed by atoms with Crippen LogP contribution in [0.2, 0.25) is 0 Å². The third kappa shape index (κ3) is 1.82. The molecule has 1 aromatic heterocycles. The predicted octanol–water partition coefficient (Wildman–Crippen LogP) is 2.34. The molecule has 66 valence electrons. The van der Waals surface area contributed by atoms with Gasteiger partial charge in [0.1, 0.15) is 11.5 Å². The Hall–Kier alpha value is -0.900. The van der Waals surface area contributed by atoms with Crippen LogP contribution in [0.3, 0.4) is 0 Å². The average Bonchev–Trinajstić information content (AvgIpc) is 2.04. The van der Waals surface area contributed by atoms with Crippen LogP contribution in [-0.2, 0) is 5.88 Å². The molecule has 0 bridgehead atoms. The summed E-state index contributed by atoms with van der Waals surface area (Å²) in [5, 5.41) is 0. The highest BCUT2D eigenvalue weighted by atomic mass is 35.5. The minimum Gasteiger partial charge on any atom is -0.383 e. The van der Waals surface area contributed by atoms with E-state index in [4.69, 9.17) is 17.3 Å². The van der Waals surface area contributed by atoms with E-state index in [0.717, 1.165) is 0 Å². The lowest BCUT2D eigenvalue weighted by Crippen LogP contribution is -1.99. The summed E-state index contributed by atoms with van der Waals surface area (Å²) < 4.78 is 24.1. The Morgan fingerprint density at radius 1 is 1.50 bits per heavy atom. The molecule has 0 spiro atoms. The quantitative estimate of drug-likeness (QED) is 0.731. The Morgan fingerprint density at radius 3 is 2.58 bits per heavy atom. The maximum atomic E-state index is 12.0. The van der Waals surface area contributed by atoms with E-state index in [9.17, 15) is 8.78 Å². The van der Waals surface area contributed by atoms with E-state index in [1.807, 2.05) is 0 Å². The molecule has 12 heavy (non-hydrogen) atoms. The number of nitrogens with two attached hydrogens (primary N) is 1. The van der Waals surface area contributed by atoms with E-state index in [1.54, 1.807) is 0 Å². The number of alkyl halides is 3. The van der Waals surface area contributed by atoms with Gasteiger partial charge in [-0.25, -0.2) is 13.8 Å². The molecule has 1 rings (SSSR count). The van der Waals surface area contributed by atoms with Gasteiger partial charge in [0.2, 0.25) is 0 Å². The molecule has 0 atom stereocenters. The topological polar surface area (TPSA) is 38.9 Å². The molecular weight excluding hydrogens is 186 g/mol. The number of hydrogen-bond donors (Lipinski definition) is 1. The van der Waals surface area contributed by atoms with Gasteiger partial charge in [0, 0.05) is 5.56 Å². The molecule has 0 aliphatic heterocycles. The van der Waals surface area contributed by atoms with Crippen molar-refractivity contribution in [3.8, 4) is 0 Å².